The maximum absolute atomic E-state index is 12.3. The summed E-state index contributed by atoms with van der Waals surface area (Å²) in [7, 11) is 0. The van der Waals surface area contributed by atoms with Gasteiger partial charge < -0.3 is 9.64 Å². The zero-order valence-corrected chi connectivity index (χ0v) is 14.3. The Labute approximate surface area is 146 Å². The topological polar surface area (TPSA) is 84.0 Å². The lowest BCUT2D eigenvalue weighted by molar-refractivity contribution is 0.0659. The number of piperidine rings is 1. The van der Waals surface area contributed by atoms with E-state index < -0.39 is 0 Å². The van der Waals surface area contributed by atoms with E-state index in [2.05, 4.69) is 26.5 Å². The average Bonchev–Trinajstić information content (AvgIpc) is 3.21. The first kappa shape index (κ1) is 16.1. The standard InChI is InChI=1S/C18H23N5O2/c24-18(15-10-19-20-11-15)23-7-5-13(6-8-23)12-25-17-9-14-3-1-2-4-16(14)21-22-17/h9-11,13H,1-8,12H2,(H,19,20). The quantitative estimate of drug-likeness (QED) is 0.919. The van der Waals surface area contributed by atoms with Gasteiger partial charge in [0.2, 0.25) is 5.88 Å². The van der Waals surface area contributed by atoms with Gasteiger partial charge in [-0.05, 0) is 50.0 Å². The van der Waals surface area contributed by atoms with Gasteiger partial charge in [0.1, 0.15) is 0 Å². The van der Waals surface area contributed by atoms with Gasteiger partial charge in [-0.2, -0.15) is 10.2 Å². The van der Waals surface area contributed by atoms with Crippen molar-refractivity contribution in [2.45, 2.75) is 38.5 Å². The van der Waals surface area contributed by atoms with Crippen LogP contribution >= 0.6 is 0 Å². The van der Waals surface area contributed by atoms with Crippen LogP contribution in [-0.4, -0.2) is 50.9 Å². The molecule has 0 atom stereocenters. The minimum absolute atomic E-state index is 0.0497. The lowest BCUT2D eigenvalue weighted by Crippen LogP contribution is -2.39. The van der Waals surface area contributed by atoms with E-state index in [1.54, 1.807) is 12.4 Å². The van der Waals surface area contributed by atoms with Crippen LogP contribution in [0, 0.1) is 5.92 Å². The predicted molar refractivity (Wildman–Crippen MR) is 91.4 cm³/mol. The van der Waals surface area contributed by atoms with E-state index in [4.69, 9.17) is 4.74 Å². The number of nitrogens with zero attached hydrogens (tertiary/aromatic N) is 4. The molecule has 132 valence electrons. The SMILES string of the molecule is O=C(c1cn[nH]c1)N1CCC(COc2cc3c(nn2)CCCC3)CC1. The van der Waals surface area contributed by atoms with Gasteiger partial charge >= 0.3 is 0 Å². The summed E-state index contributed by atoms with van der Waals surface area (Å²) in [6.45, 7) is 2.16. The number of rotatable bonds is 4. The van der Waals surface area contributed by atoms with Gasteiger partial charge in [-0.3, -0.25) is 9.89 Å². The Morgan fingerprint density at radius 1 is 1.24 bits per heavy atom. The summed E-state index contributed by atoms with van der Waals surface area (Å²) in [5, 5.41) is 15.0. The largest absolute Gasteiger partial charge is 0.476 e. The number of nitrogens with one attached hydrogen (secondary N) is 1. The van der Waals surface area contributed by atoms with E-state index >= 15 is 0 Å². The van der Waals surface area contributed by atoms with Crippen LogP contribution in [0.5, 0.6) is 5.88 Å². The van der Waals surface area contributed by atoms with Crippen LogP contribution in [0.1, 0.15) is 47.3 Å². The molecule has 2 aromatic rings. The average molecular weight is 341 g/mol. The van der Waals surface area contributed by atoms with Crippen LogP contribution in [0.4, 0.5) is 0 Å². The molecular formula is C18H23N5O2. The smallest absolute Gasteiger partial charge is 0.257 e. The maximum atomic E-state index is 12.3. The first-order valence-electron chi connectivity index (χ1n) is 9.06. The van der Waals surface area contributed by atoms with Crippen LogP contribution in [0.15, 0.2) is 18.5 Å². The molecule has 2 aliphatic rings. The molecule has 7 nitrogen and oxygen atoms in total. The lowest BCUT2D eigenvalue weighted by Gasteiger charge is -2.31. The second-order valence-electron chi connectivity index (χ2n) is 6.90. The van der Waals surface area contributed by atoms with Crippen LogP contribution in [0.25, 0.3) is 0 Å². The highest BCUT2D eigenvalue weighted by atomic mass is 16.5. The highest BCUT2D eigenvalue weighted by Gasteiger charge is 2.24. The van der Waals surface area contributed by atoms with Crippen molar-refractivity contribution in [3.05, 3.63) is 35.3 Å². The lowest BCUT2D eigenvalue weighted by atomic mass is 9.97. The van der Waals surface area contributed by atoms with Crippen LogP contribution < -0.4 is 4.74 Å². The number of aromatic amines is 1. The Morgan fingerprint density at radius 3 is 2.88 bits per heavy atom. The minimum Gasteiger partial charge on any atom is -0.476 e. The van der Waals surface area contributed by atoms with Crippen LogP contribution in [-0.2, 0) is 12.8 Å². The van der Waals surface area contributed by atoms with Gasteiger partial charge in [0.05, 0.1) is 24.1 Å². The molecular weight excluding hydrogens is 318 g/mol. The fraction of sp³-hybridized carbons (Fsp3) is 0.556. The summed E-state index contributed by atoms with van der Waals surface area (Å²) in [5.74, 6) is 1.14. The molecule has 3 heterocycles. The number of amides is 1. The Bertz CT molecular complexity index is 723. The zero-order chi connectivity index (χ0) is 17.1. The second-order valence-corrected chi connectivity index (χ2v) is 6.90. The molecule has 1 aliphatic heterocycles. The van der Waals surface area contributed by atoms with Crippen molar-refractivity contribution in [3.8, 4) is 5.88 Å². The normalized spacial score (nSPS) is 18.0. The summed E-state index contributed by atoms with van der Waals surface area (Å²) in [6, 6.07) is 2.05. The molecule has 0 unspecified atom stereocenters. The summed E-state index contributed by atoms with van der Waals surface area (Å²) in [5.41, 5.74) is 3.04. The molecule has 0 bridgehead atoms. The highest BCUT2D eigenvalue weighted by Crippen LogP contribution is 2.23. The summed E-state index contributed by atoms with van der Waals surface area (Å²) in [6.07, 6.45) is 9.66. The molecule has 0 radical (unpaired) electrons. The number of aromatic nitrogens is 4. The maximum Gasteiger partial charge on any atom is 0.257 e. The van der Waals surface area contributed by atoms with Crippen molar-refractivity contribution in [3.63, 3.8) is 0 Å². The molecule has 7 heteroatoms. The number of carbonyl (C=O) groups excluding carboxylic acids is 1. The summed E-state index contributed by atoms with van der Waals surface area (Å²) in [4.78, 5) is 14.2. The third kappa shape index (κ3) is 3.65. The number of ether oxygens (including phenoxy) is 1. The molecule has 0 spiro atoms. The summed E-state index contributed by atoms with van der Waals surface area (Å²) >= 11 is 0. The number of fused-ring (bicyclic) bond motifs is 1. The molecule has 4 rings (SSSR count). The van der Waals surface area contributed by atoms with Gasteiger partial charge in [-0.15, -0.1) is 5.10 Å². The Kier molecular flexibility index (Phi) is 4.63. The van der Waals surface area contributed by atoms with Crippen molar-refractivity contribution in [1.82, 2.24) is 25.3 Å². The van der Waals surface area contributed by atoms with Crippen molar-refractivity contribution in [2.75, 3.05) is 19.7 Å². The highest BCUT2D eigenvalue weighted by molar-refractivity contribution is 5.93. The molecule has 1 aliphatic carbocycles. The Balaban J connectivity index is 1.27. The van der Waals surface area contributed by atoms with E-state index in [0.29, 0.717) is 24.0 Å². The molecule has 2 aromatic heterocycles. The molecule has 1 N–H and O–H groups in total. The van der Waals surface area contributed by atoms with Crippen molar-refractivity contribution in [1.29, 1.82) is 0 Å². The van der Waals surface area contributed by atoms with Gasteiger partial charge in [0.25, 0.3) is 5.91 Å². The number of hydrogen-bond acceptors (Lipinski definition) is 5. The van der Waals surface area contributed by atoms with Crippen LogP contribution in [0.3, 0.4) is 0 Å². The fourth-order valence-electron chi connectivity index (χ4n) is 3.60. The van der Waals surface area contributed by atoms with E-state index in [1.807, 2.05) is 4.90 Å². The fourth-order valence-corrected chi connectivity index (χ4v) is 3.60. The van der Waals surface area contributed by atoms with Gasteiger partial charge in [-0.1, -0.05) is 0 Å². The Morgan fingerprint density at radius 2 is 2.08 bits per heavy atom. The van der Waals surface area contributed by atoms with Crippen molar-refractivity contribution in [2.24, 2.45) is 5.92 Å². The van der Waals surface area contributed by atoms with Gasteiger partial charge in [0.15, 0.2) is 0 Å². The van der Waals surface area contributed by atoms with Gasteiger partial charge in [0, 0.05) is 25.4 Å². The number of likely N-dealkylation sites (tertiary alicyclic amines) is 1. The molecule has 1 fully saturated rings. The molecule has 1 amide bonds. The molecule has 0 saturated carbocycles. The number of aryl methyl sites for hydroxylation is 2. The summed E-state index contributed by atoms with van der Waals surface area (Å²) < 4.78 is 5.89. The second kappa shape index (κ2) is 7.21. The van der Waals surface area contributed by atoms with Crippen molar-refractivity contribution >= 4 is 5.91 Å². The van der Waals surface area contributed by atoms with Crippen molar-refractivity contribution < 1.29 is 9.53 Å². The number of hydrogen-bond donors (Lipinski definition) is 1. The first-order chi connectivity index (χ1) is 12.3. The number of H-pyrrole nitrogens is 1. The predicted octanol–water partition coefficient (Wildman–Crippen LogP) is 2.01. The third-order valence-electron chi connectivity index (χ3n) is 5.16. The van der Waals surface area contributed by atoms with E-state index in [-0.39, 0.29) is 5.91 Å². The first-order valence-corrected chi connectivity index (χ1v) is 9.06. The number of carbonyl (C=O) groups is 1. The minimum atomic E-state index is 0.0497. The van der Waals surface area contributed by atoms with Crippen LogP contribution in [0.2, 0.25) is 0 Å². The molecule has 25 heavy (non-hydrogen) atoms. The monoisotopic (exact) mass is 341 g/mol. The molecule has 1 saturated heterocycles. The van der Waals surface area contributed by atoms with E-state index in [9.17, 15) is 4.79 Å². The Hall–Kier alpha value is -2.44. The molecule has 0 aromatic carbocycles. The zero-order valence-electron chi connectivity index (χ0n) is 14.3. The van der Waals surface area contributed by atoms with E-state index in [1.165, 1.54) is 18.4 Å². The van der Waals surface area contributed by atoms with E-state index in [0.717, 1.165) is 44.5 Å². The third-order valence-corrected chi connectivity index (χ3v) is 5.16. The van der Waals surface area contributed by atoms with Gasteiger partial charge in [-0.25, -0.2) is 0 Å².